The number of aliphatic hydroxyl groups is 3. The summed E-state index contributed by atoms with van der Waals surface area (Å²) in [5, 5.41) is 54.4. The summed E-state index contributed by atoms with van der Waals surface area (Å²) < 4.78 is 39.3. The number of aromatic nitrogens is 5. The number of carboxylic acids is 1. The quantitative estimate of drug-likeness (QED) is 0.104. The van der Waals surface area contributed by atoms with Gasteiger partial charge in [-0.3, -0.25) is 0 Å². The van der Waals surface area contributed by atoms with Gasteiger partial charge in [0.1, 0.15) is 12.2 Å². The van der Waals surface area contributed by atoms with E-state index in [4.69, 9.17) is 14.6 Å². The van der Waals surface area contributed by atoms with E-state index >= 15 is 0 Å². The number of aliphatic carboxylic acids is 1. The van der Waals surface area contributed by atoms with Crippen LogP contribution in [0.15, 0.2) is 23.4 Å². The van der Waals surface area contributed by atoms with Crippen molar-refractivity contribution in [3.8, 4) is 0 Å². The van der Waals surface area contributed by atoms with E-state index in [1.807, 2.05) is 6.92 Å². The van der Waals surface area contributed by atoms with Crippen molar-refractivity contribution in [2.75, 3.05) is 30.9 Å². The second-order valence-electron chi connectivity index (χ2n) is 10.6. The van der Waals surface area contributed by atoms with Crippen molar-refractivity contribution in [3.05, 3.63) is 35.4 Å². The number of benzene rings is 1. The van der Waals surface area contributed by atoms with Crippen LogP contribution in [0.5, 0.6) is 0 Å². The Kier molecular flexibility index (Phi) is 10.0. The number of carboxylic acid groups (broad SMARTS) is 1. The fourth-order valence-corrected chi connectivity index (χ4v) is 5.88. The number of fused-ring (bicyclic) bond motifs is 1. The number of carbonyl (C=O) groups is 1. The molecule has 1 unspecified atom stereocenters. The SMILES string of the molecule is CCCSc1nc(N[C@@H]2C[C@@H]2c2ccc(F)c(F)c2)c2nnn([C@H]3C[C@H](OC(CCOCCO)C(=O)[O-])[C@@H](O)[C@H]3O)c2n1. The van der Waals surface area contributed by atoms with Gasteiger partial charge in [-0.05, 0) is 30.5 Å². The highest BCUT2D eigenvalue weighted by molar-refractivity contribution is 7.99. The van der Waals surface area contributed by atoms with Crippen LogP contribution in [0.4, 0.5) is 14.6 Å². The lowest BCUT2D eigenvalue weighted by atomic mass is 10.1. The Morgan fingerprint density at radius 3 is 2.74 bits per heavy atom. The lowest BCUT2D eigenvalue weighted by Crippen LogP contribution is -2.43. The van der Waals surface area contributed by atoms with Gasteiger partial charge in [-0.1, -0.05) is 30.0 Å². The fraction of sp³-hybridized carbons (Fsp3) is 0.593. The Hall–Kier alpha value is -3.02. The standard InChI is InChI=1S/C27H34F2N6O7S/c1-2-9-43-27-31-24(30-17-11-14(17)13-3-4-15(28)16(29)10-13)21-25(32-27)35(34-33-21)18-12-20(23(38)22(18)37)42-19(26(39)40)5-7-41-8-6-36/h3-4,10,14,17-20,22-23,36-38H,2,5-9,11-12H2,1H3,(H,39,40)(H,30,31,32)/p-1/t14-,17-,18+,19?,20+,22+,23-/m1/s1. The second kappa shape index (κ2) is 13.7. The number of carbonyl (C=O) groups excluding carboxylic acids is 1. The molecule has 13 nitrogen and oxygen atoms in total. The van der Waals surface area contributed by atoms with Crippen LogP contribution in [-0.4, -0.2) is 102 Å². The molecule has 234 valence electrons. The average molecular weight is 624 g/mol. The van der Waals surface area contributed by atoms with Crippen molar-refractivity contribution in [2.24, 2.45) is 0 Å². The topological polar surface area (TPSA) is 188 Å². The molecule has 0 aliphatic heterocycles. The van der Waals surface area contributed by atoms with Crippen LogP contribution < -0.4 is 10.4 Å². The van der Waals surface area contributed by atoms with Gasteiger partial charge in [-0.25, -0.2) is 23.4 Å². The second-order valence-corrected chi connectivity index (χ2v) is 11.6. The third-order valence-electron chi connectivity index (χ3n) is 7.50. The summed E-state index contributed by atoms with van der Waals surface area (Å²) in [6.07, 6.45) is -3.81. The minimum absolute atomic E-state index is 0.00705. The number of hydrogen-bond acceptors (Lipinski definition) is 13. The third-order valence-corrected chi connectivity index (χ3v) is 8.55. The van der Waals surface area contributed by atoms with Crippen LogP contribution in [0.25, 0.3) is 11.2 Å². The van der Waals surface area contributed by atoms with Crippen molar-refractivity contribution in [3.63, 3.8) is 0 Å². The number of hydrogen-bond donors (Lipinski definition) is 4. The minimum Gasteiger partial charge on any atom is -0.547 e. The molecule has 0 saturated heterocycles. The lowest BCUT2D eigenvalue weighted by molar-refractivity contribution is -0.319. The first-order valence-corrected chi connectivity index (χ1v) is 15.1. The van der Waals surface area contributed by atoms with E-state index in [9.17, 15) is 28.9 Å². The van der Waals surface area contributed by atoms with Crippen LogP contribution in [0.1, 0.15) is 50.1 Å². The molecule has 0 amide bonds. The molecule has 43 heavy (non-hydrogen) atoms. The Morgan fingerprint density at radius 1 is 1.21 bits per heavy atom. The van der Waals surface area contributed by atoms with Crippen LogP contribution in [0.2, 0.25) is 0 Å². The van der Waals surface area contributed by atoms with E-state index in [2.05, 4.69) is 25.6 Å². The molecule has 2 aromatic heterocycles. The third kappa shape index (κ3) is 7.05. The zero-order valence-electron chi connectivity index (χ0n) is 23.3. The molecule has 2 heterocycles. The Labute approximate surface area is 249 Å². The summed E-state index contributed by atoms with van der Waals surface area (Å²) in [7, 11) is 0. The van der Waals surface area contributed by atoms with Gasteiger partial charge in [0.15, 0.2) is 33.8 Å². The van der Waals surface area contributed by atoms with E-state index in [0.717, 1.165) is 18.2 Å². The van der Waals surface area contributed by atoms with Gasteiger partial charge >= 0.3 is 0 Å². The van der Waals surface area contributed by atoms with E-state index in [1.165, 1.54) is 22.5 Å². The highest BCUT2D eigenvalue weighted by Gasteiger charge is 2.46. The zero-order chi connectivity index (χ0) is 30.7. The van der Waals surface area contributed by atoms with Gasteiger partial charge in [-0.15, -0.1) is 5.10 Å². The molecule has 2 fully saturated rings. The summed E-state index contributed by atoms with van der Waals surface area (Å²) in [5.74, 6) is -2.24. The maximum Gasteiger partial charge on any atom is 0.191 e. The number of rotatable bonds is 15. The Bertz CT molecular complexity index is 1430. The molecule has 1 aromatic carbocycles. The zero-order valence-corrected chi connectivity index (χ0v) is 24.1. The highest BCUT2D eigenvalue weighted by atomic mass is 32.2. The van der Waals surface area contributed by atoms with Gasteiger partial charge in [0.25, 0.3) is 0 Å². The van der Waals surface area contributed by atoms with Crippen molar-refractivity contribution < 1.29 is 43.5 Å². The summed E-state index contributed by atoms with van der Waals surface area (Å²) in [6, 6.07) is 2.89. The normalized spacial score (nSPS) is 25.7. The average Bonchev–Trinajstić information content (AvgIpc) is 3.53. The molecule has 0 spiro atoms. The number of aliphatic hydroxyl groups excluding tert-OH is 3. The predicted octanol–water partition coefficient (Wildman–Crippen LogP) is 0.539. The van der Waals surface area contributed by atoms with E-state index in [0.29, 0.717) is 34.1 Å². The predicted molar refractivity (Wildman–Crippen MR) is 147 cm³/mol. The molecule has 4 N–H and O–H groups in total. The van der Waals surface area contributed by atoms with Gasteiger partial charge < -0.3 is 40.0 Å². The maximum absolute atomic E-state index is 13.8. The molecule has 5 rings (SSSR count). The van der Waals surface area contributed by atoms with Crippen molar-refractivity contribution in [1.29, 1.82) is 0 Å². The summed E-state index contributed by atoms with van der Waals surface area (Å²) >= 11 is 1.42. The Morgan fingerprint density at radius 2 is 2.02 bits per heavy atom. The van der Waals surface area contributed by atoms with Crippen LogP contribution in [0.3, 0.4) is 0 Å². The highest BCUT2D eigenvalue weighted by Crippen LogP contribution is 2.44. The molecule has 16 heteroatoms. The molecular formula is C27H33F2N6O7S-. The van der Waals surface area contributed by atoms with Gasteiger partial charge in [0.2, 0.25) is 0 Å². The molecule has 3 aromatic rings. The molecule has 2 saturated carbocycles. The molecule has 0 bridgehead atoms. The monoisotopic (exact) mass is 623 g/mol. The largest absolute Gasteiger partial charge is 0.547 e. The molecule has 0 radical (unpaired) electrons. The smallest absolute Gasteiger partial charge is 0.191 e. The van der Waals surface area contributed by atoms with Crippen molar-refractivity contribution in [2.45, 2.75) is 80.2 Å². The minimum atomic E-state index is -1.49. The number of anilines is 1. The first-order valence-electron chi connectivity index (χ1n) is 14.1. The van der Waals surface area contributed by atoms with E-state index in [-0.39, 0.29) is 44.6 Å². The number of nitrogens with one attached hydrogen (secondary N) is 1. The maximum atomic E-state index is 13.8. The van der Waals surface area contributed by atoms with Crippen LogP contribution in [0, 0.1) is 11.6 Å². The molecule has 2 aliphatic rings. The lowest BCUT2D eigenvalue weighted by Gasteiger charge is -2.25. The van der Waals surface area contributed by atoms with Gasteiger partial charge in [0.05, 0.1) is 37.4 Å². The van der Waals surface area contributed by atoms with Gasteiger partial charge in [0, 0.05) is 37.2 Å². The number of thioether (sulfide) groups is 1. The molecule has 2 aliphatic carbocycles. The van der Waals surface area contributed by atoms with E-state index in [1.54, 1.807) is 6.07 Å². The van der Waals surface area contributed by atoms with Crippen LogP contribution >= 0.6 is 11.8 Å². The van der Waals surface area contributed by atoms with E-state index < -0.39 is 48.1 Å². The van der Waals surface area contributed by atoms with Crippen molar-refractivity contribution >= 4 is 34.7 Å². The van der Waals surface area contributed by atoms with Crippen LogP contribution in [-0.2, 0) is 14.3 Å². The summed E-state index contributed by atoms with van der Waals surface area (Å²) in [6.45, 7) is 1.83. The first kappa shape index (κ1) is 31.4. The Balaban J connectivity index is 1.36. The molecule has 7 atom stereocenters. The molecular weight excluding hydrogens is 590 g/mol. The van der Waals surface area contributed by atoms with Crippen molar-refractivity contribution in [1.82, 2.24) is 25.0 Å². The fourth-order valence-electron chi connectivity index (χ4n) is 5.19. The van der Waals surface area contributed by atoms with Gasteiger partial charge in [-0.2, -0.15) is 0 Å². The first-order chi connectivity index (χ1) is 20.7. The summed E-state index contributed by atoms with van der Waals surface area (Å²) in [5.41, 5.74) is 1.28. The number of halogens is 2. The summed E-state index contributed by atoms with van der Waals surface area (Å²) in [4.78, 5) is 20.9. The number of ether oxygens (including phenoxy) is 2. The number of nitrogens with zero attached hydrogens (tertiary/aromatic N) is 5.